The van der Waals surface area contributed by atoms with Gasteiger partial charge in [0.2, 0.25) is 5.91 Å². The SMILES string of the molecule is CCOc1cc(N2CCOCC2)c(OCC)cc1NC(=O)CCN1C(=O)c2ccccc2C1=O. The fourth-order valence-corrected chi connectivity index (χ4v) is 4.11. The number of benzene rings is 2. The van der Waals surface area contributed by atoms with Gasteiger partial charge in [0.1, 0.15) is 11.5 Å². The van der Waals surface area contributed by atoms with Crippen molar-refractivity contribution in [2.45, 2.75) is 20.3 Å². The lowest BCUT2D eigenvalue weighted by molar-refractivity contribution is -0.116. The number of fused-ring (bicyclic) bond motifs is 1. The molecular formula is C25H29N3O6. The number of ether oxygens (including phenoxy) is 3. The van der Waals surface area contributed by atoms with Crippen LogP contribution in [0.1, 0.15) is 41.0 Å². The molecule has 0 spiro atoms. The van der Waals surface area contributed by atoms with E-state index >= 15 is 0 Å². The number of nitrogens with one attached hydrogen (secondary N) is 1. The van der Waals surface area contributed by atoms with Crippen LogP contribution in [0.15, 0.2) is 36.4 Å². The van der Waals surface area contributed by atoms with Crippen molar-refractivity contribution in [2.24, 2.45) is 0 Å². The zero-order valence-corrected chi connectivity index (χ0v) is 19.5. The Bertz CT molecular complexity index is 1050. The first kappa shape index (κ1) is 23.6. The molecule has 2 aromatic carbocycles. The van der Waals surface area contributed by atoms with Gasteiger partial charge in [-0.05, 0) is 26.0 Å². The van der Waals surface area contributed by atoms with Gasteiger partial charge in [0.25, 0.3) is 11.8 Å². The van der Waals surface area contributed by atoms with E-state index in [9.17, 15) is 14.4 Å². The van der Waals surface area contributed by atoms with Gasteiger partial charge in [-0.15, -0.1) is 0 Å². The summed E-state index contributed by atoms with van der Waals surface area (Å²) >= 11 is 0. The molecule has 0 bridgehead atoms. The van der Waals surface area contributed by atoms with Crippen molar-refractivity contribution in [1.82, 2.24) is 4.90 Å². The second kappa shape index (κ2) is 10.6. The summed E-state index contributed by atoms with van der Waals surface area (Å²) in [6.45, 7) is 7.39. The molecule has 34 heavy (non-hydrogen) atoms. The Morgan fingerprint density at radius 3 is 2.21 bits per heavy atom. The molecule has 2 aromatic rings. The van der Waals surface area contributed by atoms with Gasteiger partial charge in [-0.25, -0.2) is 0 Å². The topological polar surface area (TPSA) is 97.4 Å². The number of nitrogens with zero attached hydrogens (tertiary/aromatic N) is 2. The van der Waals surface area contributed by atoms with Gasteiger partial charge in [-0.3, -0.25) is 19.3 Å². The minimum Gasteiger partial charge on any atom is -0.492 e. The molecule has 2 aliphatic rings. The largest absolute Gasteiger partial charge is 0.492 e. The monoisotopic (exact) mass is 467 g/mol. The maximum atomic E-state index is 12.8. The smallest absolute Gasteiger partial charge is 0.261 e. The van der Waals surface area contributed by atoms with E-state index < -0.39 is 0 Å². The number of imide groups is 1. The number of carbonyl (C=O) groups is 3. The highest BCUT2D eigenvalue weighted by molar-refractivity contribution is 6.21. The molecule has 0 radical (unpaired) electrons. The number of anilines is 2. The Balaban J connectivity index is 1.48. The van der Waals surface area contributed by atoms with E-state index in [0.29, 0.717) is 54.7 Å². The lowest BCUT2D eigenvalue weighted by Gasteiger charge is -2.31. The van der Waals surface area contributed by atoms with E-state index in [1.807, 2.05) is 19.9 Å². The third-order valence-corrected chi connectivity index (χ3v) is 5.73. The maximum Gasteiger partial charge on any atom is 0.261 e. The fourth-order valence-electron chi connectivity index (χ4n) is 4.11. The molecule has 4 rings (SSSR count). The Morgan fingerprint density at radius 2 is 1.59 bits per heavy atom. The van der Waals surface area contributed by atoms with Crippen molar-refractivity contribution in [1.29, 1.82) is 0 Å². The molecule has 2 aliphatic heterocycles. The summed E-state index contributed by atoms with van der Waals surface area (Å²) in [7, 11) is 0. The lowest BCUT2D eigenvalue weighted by Crippen LogP contribution is -2.36. The molecule has 180 valence electrons. The van der Waals surface area contributed by atoms with Crippen LogP contribution in [0.5, 0.6) is 11.5 Å². The van der Waals surface area contributed by atoms with Crippen molar-refractivity contribution in [3.05, 3.63) is 47.5 Å². The van der Waals surface area contributed by atoms with Crippen LogP contribution in [0.4, 0.5) is 11.4 Å². The molecular weight excluding hydrogens is 438 g/mol. The Morgan fingerprint density at radius 1 is 0.971 bits per heavy atom. The fraction of sp³-hybridized carbons (Fsp3) is 0.400. The second-order valence-electron chi connectivity index (χ2n) is 7.89. The van der Waals surface area contributed by atoms with Crippen molar-refractivity contribution >= 4 is 29.1 Å². The van der Waals surface area contributed by atoms with Gasteiger partial charge < -0.3 is 24.4 Å². The highest BCUT2D eigenvalue weighted by atomic mass is 16.5. The minimum absolute atomic E-state index is 0.00761. The van der Waals surface area contributed by atoms with Gasteiger partial charge in [0.15, 0.2) is 0 Å². The summed E-state index contributed by atoms with van der Waals surface area (Å²) in [5, 5.41) is 2.86. The maximum absolute atomic E-state index is 12.8. The van der Waals surface area contributed by atoms with Gasteiger partial charge in [0.05, 0.1) is 48.9 Å². The van der Waals surface area contributed by atoms with Crippen LogP contribution in [0, 0.1) is 0 Å². The highest BCUT2D eigenvalue weighted by Crippen LogP contribution is 2.39. The average molecular weight is 468 g/mol. The zero-order chi connectivity index (χ0) is 24.1. The molecule has 9 heteroatoms. The summed E-state index contributed by atoms with van der Waals surface area (Å²) in [6.07, 6.45) is -0.0355. The lowest BCUT2D eigenvalue weighted by atomic mass is 10.1. The second-order valence-corrected chi connectivity index (χ2v) is 7.89. The standard InChI is InChI=1S/C25H29N3O6/c1-3-33-21-16-20(27-11-13-32-14-12-27)22(34-4-2)15-19(21)26-23(29)9-10-28-24(30)17-7-5-6-8-18(17)25(28)31/h5-8,15-16H,3-4,9-14H2,1-2H3,(H,26,29). The molecule has 0 atom stereocenters. The quantitative estimate of drug-likeness (QED) is 0.567. The molecule has 0 aromatic heterocycles. The average Bonchev–Trinajstić information content (AvgIpc) is 3.09. The summed E-state index contributed by atoms with van der Waals surface area (Å²) < 4.78 is 17.1. The molecule has 3 amide bonds. The van der Waals surface area contributed by atoms with Gasteiger partial charge in [0, 0.05) is 38.2 Å². The van der Waals surface area contributed by atoms with Crippen LogP contribution >= 0.6 is 0 Å². The van der Waals surface area contributed by atoms with Crippen LogP contribution in [-0.4, -0.2) is 68.7 Å². The zero-order valence-electron chi connectivity index (χ0n) is 19.5. The number of amides is 3. The van der Waals surface area contributed by atoms with Gasteiger partial charge >= 0.3 is 0 Å². The first-order chi connectivity index (χ1) is 16.5. The van der Waals surface area contributed by atoms with Crippen LogP contribution in [0.2, 0.25) is 0 Å². The molecule has 1 fully saturated rings. The van der Waals surface area contributed by atoms with E-state index in [1.165, 1.54) is 0 Å². The normalized spacial score (nSPS) is 15.4. The first-order valence-electron chi connectivity index (χ1n) is 11.5. The van der Waals surface area contributed by atoms with Gasteiger partial charge in [-0.2, -0.15) is 0 Å². The Labute approximate surface area is 198 Å². The van der Waals surface area contributed by atoms with E-state index in [2.05, 4.69) is 10.2 Å². The number of rotatable bonds is 9. The Hall–Kier alpha value is -3.59. The molecule has 2 heterocycles. The molecule has 9 nitrogen and oxygen atoms in total. The summed E-state index contributed by atoms with van der Waals surface area (Å²) in [5.41, 5.74) is 2.10. The summed E-state index contributed by atoms with van der Waals surface area (Å²) in [6, 6.07) is 10.3. The molecule has 0 saturated carbocycles. The predicted octanol–water partition coefficient (Wildman–Crippen LogP) is 2.95. The van der Waals surface area contributed by atoms with E-state index in [1.54, 1.807) is 30.3 Å². The van der Waals surface area contributed by atoms with Crippen LogP contribution in [-0.2, 0) is 9.53 Å². The van der Waals surface area contributed by atoms with Crippen LogP contribution in [0.25, 0.3) is 0 Å². The third kappa shape index (κ3) is 4.84. The minimum atomic E-state index is -0.378. The Kier molecular flexibility index (Phi) is 7.32. The molecule has 0 aliphatic carbocycles. The van der Waals surface area contributed by atoms with Crippen LogP contribution in [0.3, 0.4) is 0 Å². The number of hydrogen-bond donors (Lipinski definition) is 1. The van der Waals surface area contributed by atoms with Crippen LogP contribution < -0.4 is 19.7 Å². The summed E-state index contributed by atoms with van der Waals surface area (Å²) in [5.74, 6) is 0.0814. The van der Waals surface area contributed by atoms with E-state index in [4.69, 9.17) is 14.2 Å². The molecule has 1 N–H and O–H groups in total. The molecule has 0 unspecified atom stereocenters. The third-order valence-electron chi connectivity index (χ3n) is 5.73. The van der Waals surface area contributed by atoms with Crippen molar-refractivity contribution in [2.75, 3.05) is 56.3 Å². The number of carbonyl (C=O) groups excluding carboxylic acids is 3. The molecule has 1 saturated heterocycles. The van der Waals surface area contributed by atoms with E-state index in [-0.39, 0.29) is 30.7 Å². The van der Waals surface area contributed by atoms with Gasteiger partial charge in [-0.1, -0.05) is 12.1 Å². The highest BCUT2D eigenvalue weighted by Gasteiger charge is 2.35. The number of morpholine rings is 1. The van der Waals surface area contributed by atoms with Crippen molar-refractivity contribution in [3.63, 3.8) is 0 Å². The van der Waals surface area contributed by atoms with Crippen molar-refractivity contribution < 1.29 is 28.6 Å². The van der Waals surface area contributed by atoms with E-state index in [0.717, 1.165) is 23.7 Å². The predicted molar refractivity (Wildman–Crippen MR) is 127 cm³/mol. The van der Waals surface area contributed by atoms with Crippen molar-refractivity contribution in [3.8, 4) is 11.5 Å². The first-order valence-corrected chi connectivity index (χ1v) is 11.5. The summed E-state index contributed by atoms with van der Waals surface area (Å²) in [4.78, 5) is 41.2. The number of hydrogen-bond acceptors (Lipinski definition) is 7.